The molecule has 1 aromatic heterocycles. The van der Waals surface area contributed by atoms with Crippen molar-refractivity contribution in [2.45, 2.75) is 37.5 Å². The number of rotatable bonds is 4. The maximum Gasteiger partial charge on any atom is 0.256 e. The van der Waals surface area contributed by atoms with Gasteiger partial charge in [-0.15, -0.1) is 0 Å². The van der Waals surface area contributed by atoms with Crippen molar-refractivity contribution < 1.29 is 9.21 Å². The van der Waals surface area contributed by atoms with E-state index in [2.05, 4.69) is 28.2 Å². The molecule has 3 nitrogen and oxygen atoms in total. The lowest BCUT2D eigenvalue weighted by atomic mass is 10.2. The van der Waals surface area contributed by atoms with E-state index >= 15 is 0 Å². The third-order valence-electron chi connectivity index (χ3n) is 3.01. The van der Waals surface area contributed by atoms with Crippen molar-refractivity contribution >= 4 is 33.6 Å². The number of hydrogen-bond donors (Lipinski definition) is 1. The van der Waals surface area contributed by atoms with Crippen molar-refractivity contribution in [1.29, 1.82) is 0 Å². The van der Waals surface area contributed by atoms with Crippen LogP contribution in [0.3, 0.4) is 0 Å². The Morgan fingerprint density at radius 1 is 1.65 bits per heavy atom. The van der Waals surface area contributed by atoms with Crippen molar-refractivity contribution in [2.75, 3.05) is 5.75 Å². The molecule has 1 heterocycles. The van der Waals surface area contributed by atoms with Crippen molar-refractivity contribution in [3.05, 3.63) is 22.6 Å². The lowest BCUT2D eigenvalue weighted by Crippen LogP contribution is -2.38. The summed E-state index contributed by atoms with van der Waals surface area (Å²) in [5.41, 5.74) is 0.581. The largest absolute Gasteiger partial charge is 0.457 e. The topological polar surface area (TPSA) is 42.2 Å². The Labute approximate surface area is 114 Å². The minimum absolute atomic E-state index is 0.0424. The van der Waals surface area contributed by atoms with Crippen LogP contribution in [-0.2, 0) is 0 Å². The average Bonchev–Trinajstić information content (AvgIpc) is 2.89. The highest BCUT2D eigenvalue weighted by atomic mass is 79.9. The maximum absolute atomic E-state index is 12.0. The fourth-order valence-electron chi connectivity index (χ4n) is 2.21. The highest BCUT2D eigenvalue weighted by Gasteiger charge is 2.29. The average molecular weight is 318 g/mol. The van der Waals surface area contributed by atoms with Crippen molar-refractivity contribution in [3.8, 4) is 0 Å². The maximum atomic E-state index is 12.0. The smallest absolute Gasteiger partial charge is 0.256 e. The molecule has 1 fully saturated rings. The van der Waals surface area contributed by atoms with Gasteiger partial charge in [0.15, 0.2) is 4.67 Å². The minimum Gasteiger partial charge on any atom is -0.457 e. The third kappa shape index (κ3) is 3.07. The second kappa shape index (κ2) is 5.96. The second-order valence-electron chi connectivity index (χ2n) is 4.11. The van der Waals surface area contributed by atoms with Gasteiger partial charge in [-0.2, -0.15) is 11.8 Å². The Bertz CT molecular complexity index is 394. The van der Waals surface area contributed by atoms with Gasteiger partial charge in [0.05, 0.1) is 11.8 Å². The molecule has 2 rings (SSSR count). The second-order valence-corrected chi connectivity index (χ2v) is 6.35. The van der Waals surface area contributed by atoms with Gasteiger partial charge in [-0.25, -0.2) is 0 Å². The van der Waals surface area contributed by atoms with Gasteiger partial charge in [0, 0.05) is 11.3 Å². The predicted octanol–water partition coefficient (Wildman–Crippen LogP) is 3.45. The van der Waals surface area contributed by atoms with Gasteiger partial charge in [0.1, 0.15) is 0 Å². The van der Waals surface area contributed by atoms with Crippen LogP contribution in [0, 0.1) is 0 Å². The van der Waals surface area contributed by atoms with Crippen LogP contribution in [0.1, 0.15) is 36.5 Å². The number of halogens is 1. The number of nitrogens with one attached hydrogen (secondary N) is 1. The van der Waals surface area contributed by atoms with Gasteiger partial charge in [-0.05, 0) is 40.6 Å². The summed E-state index contributed by atoms with van der Waals surface area (Å²) < 4.78 is 5.58. The van der Waals surface area contributed by atoms with E-state index < -0.39 is 0 Å². The molecule has 1 amide bonds. The summed E-state index contributed by atoms with van der Waals surface area (Å²) in [6, 6.07) is 1.99. The lowest BCUT2D eigenvalue weighted by molar-refractivity contribution is 0.0937. The molecule has 1 aliphatic carbocycles. The van der Waals surface area contributed by atoms with Crippen molar-refractivity contribution in [1.82, 2.24) is 5.32 Å². The highest BCUT2D eigenvalue weighted by molar-refractivity contribution is 9.10. The summed E-state index contributed by atoms with van der Waals surface area (Å²) in [5, 5.41) is 3.67. The first-order chi connectivity index (χ1) is 8.22. The first-order valence-electron chi connectivity index (χ1n) is 5.87. The lowest BCUT2D eigenvalue weighted by Gasteiger charge is -2.19. The van der Waals surface area contributed by atoms with Crippen LogP contribution in [0.25, 0.3) is 0 Å². The summed E-state index contributed by atoms with van der Waals surface area (Å²) in [4.78, 5) is 12.0. The predicted molar refractivity (Wildman–Crippen MR) is 73.4 cm³/mol. The SMILES string of the molecule is CCSC1CCCC1NC(=O)c1ccoc1Br. The summed E-state index contributed by atoms with van der Waals surface area (Å²) in [6.45, 7) is 2.16. The molecular weight excluding hydrogens is 302 g/mol. The van der Waals surface area contributed by atoms with Crippen LogP contribution in [0.2, 0.25) is 0 Å². The summed E-state index contributed by atoms with van der Waals surface area (Å²) in [5.74, 6) is 1.06. The van der Waals surface area contributed by atoms with Gasteiger partial charge < -0.3 is 9.73 Å². The molecule has 5 heteroatoms. The number of amides is 1. The Morgan fingerprint density at radius 3 is 3.12 bits per heavy atom. The van der Waals surface area contributed by atoms with E-state index in [0.29, 0.717) is 21.5 Å². The van der Waals surface area contributed by atoms with Gasteiger partial charge in [-0.1, -0.05) is 13.3 Å². The van der Waals surface area contributed by atoms with E-state index in [1.54, 1.807) is 6.07 Å². The molecule has 2 atom stereocenters. The van der Waals surface area contributed by atoms with Crippen molar-refractivity contribution in [2.24, 2.45) is 0 Å². The number of hydrogen-bond acceptors (Lipinski definition) is 3. The first kappa shape index (κ1) is 13.0. The number of carbonyl (C=O) groups excluding carboxylic acids is 1. The van der Waals surface area contributed by atoms with E-state index in [9.17, 15) is 4.79 Å². The van der Waals surface area contributed by atoms with Gasteiger partial charge >= 0.3 is 0 Å². The van der Waals surface area contributed by atoms with E-state index in [-0.39, 0.29) is 5.91 Å². The van der Waals surface area contributed by atoms with Crippen LogP contribution in [0.15, 0.2) is 21.4 Å². The third-order valence-corrected chi connectivity index (χ3v) is 4.95. The van der Waals surface area contributed by atoms with Crippen LogP contribution in [0.5, 0.6) is 0 Å². The Balaban J connectivity index is 1.97. The van der Waals surface area contributed by atoms with Gasteiger partial charge in [0.2, 0.25) is 0 Å². The van der Waals surface area contributed by atoms with Crippen LogP contribution < -0.4 is 5.32 Å². The Morgan fingerprint density at radius 2 is 2.47 bits per heavy atom. The van der Waals surface area contributed by atoms with E-state index in [4.69, 9.17) is 4.42 Å². The Hall–Kier alpha value is -0.420. The molecule has 0 spiro atoms. The molecule has 0 aromatic carbocycles. The zero-order chi connectivity index (χ0) is 12.3. The van der Waals surface area contributed by atoms with Gasteiger partial charge in [-0.3, -0.25) is 4.79 Å². The molecule has 1 saturated carbocycles. The minimum atomic E-state index is -0.0424. The fourth-order valence-corrected chi connectivity index (χ4v) is 3.82. The summed E-state index contributed by atoms with van der Waals surface area (Å²) >= 11 is 5.17. The standard InChI is InChI=1S/C12H16BrNO2S/c1-2-17-10-5-3-4-9(10)14-12(15)8-6-7-16-11(8)13/h6-7,9-10H,2-5H2,1H3,(H,14,15). The molecule has 0 bridgehead atoms. The fraction of sp³-hybridized carbons (Fsp3) is 0.583. The molecule has 0 radical (unpaired) electrons. The molecule has 94 valence electrons. The molecule has 1 aromatic rings. The molecular formula is C12H16BrNO2S. The van der Waals surface area contributed by atoms with E-state index in [1.807, 2.05) is 11.8 Å². The van der Waals surface area contributed by atoms with Gasteiger partial charge in [0.25, 0.3) is 5.91 Å². The normalized spacial score (nSPS) is 23.9. The van der Waals surface area contributed by atoms with Crippen LogP contribution in [-0.4, -0.2) is 23.0 Å². The van der Waals surface area contributed by atoms with Crippen LogP contribution in [0.4, 0.5) is 0 Å². The number of furan rings is 1. The highest BCUT2D eigenvalue weighted by Crippen LogP contribution is 2.30. The van der Waals surface area contributed by atoms with Crippen molar-refractivity contribution in [3.63, 3.8) is 0 Å². The number of carbonyl (C=O) groups is 1. The molecule has 0 saturated heterocycles. The molecule has 1 aliphatic rings. The quantitative estimate of drug-likeness (QED) is 0.924. The van der Waals surface area contributed by atoms with E-state index in [1.165, 1.54) is 19.1 Å². The molecule has 2 unspecified atom stereocenters. The van der Waals surface area contributed by atoms with Crippen LogP contribution >= 0.6 is 27.7 Å². The first-order valence-corrected chi connectivity index (χ1v) is 7.72. The van der Waals surface area contributed by atoms with E-state index in [0.717, 1.165) is 12.2 Å². The molecule has 17 heavy (non-hydrogen) atoms. The zero-order valence-electron chi connectivity index (χ0n) is 9.74. The summed E-state index contributed by atoms with van der Waals surface area (Å²) in [7, 11) is 0. The summed E-state index contributed by atoms with van der Waals surface area (Å²) in [6.07, 6.45) is 5.01. The number of thioether (sulfide) groups is 1. The molecule has 1 N–H and O–H groups in total. The zero-order valence-corrected chi connectivity index (χ0v) is 12.1. The Kier molecular flexibility index (Phi) is 4.56. The molecule has 0 aliphatic heterocycles. The monoisotopic (exact) mass is 317 g/mol.